The van der Waals surface area contributed by atoms with Crippen molar-refractivity contribution in [2.75, 3.05) is 26.2 Å². The number of likely N-dealkylation sites (tertiary alicyclic amines) is 1. The molecule has 1 unspecified atom stereocenters. The van der Waals surface area contributed by atoms with Gasteiger partial charge in [0.2, 0.25) is 0 Å². The summed E-state index contributed by atoms with van der Waals surface area (Å²) in [5.74, 6) is 2.81. The number of halogens is 1. The summed E-state index contributed by atoms with van der Waals surface area (Å²) in [5.41, 5.74) is 1.08. The number of nitrogens with one attached hydrogen (secondary N) is 2. The van der Waals surface area contributed by atoms with Crippen LogP contribution in [0.3, 0.4) is 0 Å². The van der Waals surface area contributed by atoms with E-state index in [1.54, 1.807) is 6.20 Å². The second kappa shape index (κ2) is 10.7. The van der Waals surface area contributed by atoms with Crippen molar-refractivity contribution in [3.05, 3.63) is 41.6 Å². The van der Waals surface area contributed by atoms with Crippen molar-refractivity contribution in [3.8, 4) is 0 Å². The Morgan fingerprint density at radius 1 is 1.26 bits per heavy atom. The Hall–Kier alpha value is -1.55. The monoisotopic (exact) mass is 486 g/mol. The zero-order valence-electron chi connectivity index (χ0n) is 16.4. The Morgan fingerprint density at radius 2 is 2.04 bits per heavy atom. The van der Waals surface area contributed by atoms with Crippen LogP contribution >= 0.6 is 24.0 Å². The van der Waals surface area contributed by atoms with Gasteiger partial charge in [0.25, 0.3) is 0 Å². The minimum atomic E-state index is 0. The summed E-state index contributed by atoms with van der Waals surface area (Å²) in [6, 6.07) is 6.36. The van der Waals surface area contributed by atoms with Crippen LogP contribution in [0.15, 0.2) is 33.8 Å². The Labute approximate surface area is 178 Å². The molecule has 150 valence electrons. The van der Waals surface area contributed by atoms with Crippen molar-refractivity contribution < 1.29 is 4.42 Å². The molecular weight excluding hydrogens is 455 g/mol. The smallest absolute Gasteiger partial charge is 0.191 e. The zero-order chi connectivity index (χ0) is 18.4. The van der Waals surface area contributed by atoms with Crippen molar-refractivity contribution in [3.63, 3.8) is 0 Å². The fourth-order valence-corrected chi connectivity index (χ4v) is 3.35. The molecule has 1 aliphatic rings. The maximum atomic E-state index is 5.93. The van der Waals surface area contributed by atoms with Crippen LogP contribution in [0.2, 0.25) is 0 Å². The molecule has 1 saturated heterocycles. The molecule has 3 heterocycles. The van der Waals surface area contributed by atoms with Crippen LogP contribution in [0.25, 0.3) is 0 Å². The first-order valence-electron chi connectivity index (χ1n) is 9.47. The van der Waals surface area contributed by atoms with E-state index in [-0.39, 0.29) is 30.0 Å². The maximum Gasteiger partial charge on any atom is 0.191 e. The highest BCUT2D eigenvalue weighted by molar-refractivity contribution is 14.0. The van der Waals surface area contributed by atoms with Crippen LogP contribution in [0.5, 0.6) is 0 Å². The van der Waals surface area contributed by atoms with Gasteiger partial charge in [0, 0.05) is 26.3 Å². The summed E-state index contributed by atoms with van der Waals surface area (Å²) >= 11 is 0. The lowest BCUT2D eigenvalue weighted by molar-refractivity contribution is 0.213. The van der Waals surface area contributed by atoms with E-state index >= 15 is 0 Å². The third-order valence-corrected chi connectivity index (χ3v) is 4.80. The lowest BCUT2D eigenvalue weighted by atomic mass is 10.2. The van der Waals surface area contributed by atoms with Gasteiger partial charge in [-0.25, -0.2) is 4.99 Å². The Morgan fingerprint density at radius 3 is 2.63 bits per heavy atom. The van der Waals surface area contributed by atoms with Crippen molar-refractivity contribution in [2.24, 2.45) is 12.0 Å². The molecule has 3 rings (SSSR count). The maximum absolute atomic E-state index is 5.93. The summed E-state index contributed by atoms with van der Waals surface area (Å²) in [4.78, 5) is 7.19. The number of rotatable bonds is 7. The predicted octanol–water partition coefficient (Wildman–Crippen LogP) is 2.83. The van der Waals surface area contributed by atoms with Gasteiger partial charge in [-0.05, 0) is 58.0 Å². The molecule has 0 amide bonds. The molecule has 1 aliphatic heterocycles. The number of hydrogen-bond acceptors (Lipinski definition) is 4. The van der Waals surface area contributed by atoms with E-state index in [1.165, 1.54) is 12.8 Å². The summed E-state index contributed by atoms with van der Waals surface area (Å²) in [5, 5.41) is 11.0. The van der Waals surface area contributed by atoms with E-state index in [9.17, 15) is 0 Å². The molecule has 0 aliphatic carbocycles. The number of aliphatic imine (C=N–C) groups is 1. The van der Waals surface area contributed by atoms with E-state index in [4.69, 9.17) is 9.41 Å². The van der Waals surface area contributed by atoms with Crippen LogP contribution in [0.1, 0.15) is 43.0 Å². The third kappa shape index (κ3) is 5.97. The van der Waals surface area contributed by atoms with E-state index in [1.807, 2.05) is 30.8 Å². The Kier molecular flexibility index (Phi) is 8.62. The van der Waals surface area contributed by atoms with Crippen LogP contribution in [-0.2, 0) is 13.6 Å². The van der Waals surface area contributed by atoms with Gasteiger partial charge < -0.3 is 15.1 Å². The van der Waals surface area contributed by atoms with Gasteiger partial charge in [-0.2, -0.15) is 5.10 Å². The standard InChI is InChI=1S/C19H30N6O.HI/c1-4-20-19(21-13-16-9-10-23-24(16)3)22-14-17(25-11-5-6-12-25)18-8-7-15(2)26-18;/h7-10,17H,4-6,11-14H2,1-3H3,(H2,20,21,22);1H. The normalized spacial score (nSPS) is 16.2. The van der Waals surface area contributed by atoms with Gasteiger partial charge >= 0.3 is 0 Å². The van der Waals surface area contributed by atoms with Gasteiger partial charge in [0.05, 0.1) is 18.3 Å². The van der Waals surface area contributed by atoms with Gasteiger partial charge in [0.15, 0.2) is 5.96 Å². The van der Waals surface area contributed by atoms with E-state index < -0.39 is 0 Å². The highest BCUT2D eigenvalue weighted by Gasteiger charge is 2.26. The van der Waals surface area contributed by atoms with Crippen molar-refractivity contribution >= 4 is 29.9 Å². The molecule has 2 N–H and O–H groups in total. The summed E-state index contributed by atoms with van der Waals surface area (Å²) in [6.45, 7) is 8.51. The molecule has 0 radical (unpaired) electrons. The van der Waals surface area contributed by atoms with E-state index in [0.29, 0.717) is 6.54 Å². The number of hydrogen-bond donors (Lipinski definition) is 2. The highest BCUT2D eigenvalue weighted by Crippen LogP contribution is 2.26. The van der Waals surface area contributed by atoms with Gasteiger partial charge in [-0.1, -0.05) is 0 Å². The first-order valence-corrected chi connectivity index (χ1v) is 9.47. The molecule has 7 nitrogen and oxygen atoms in total. The van der Waals surface area contributed by atoms with Crippen molar-refractivity contribution in [1.29, 1.82) is 0 Å². The zero-order valence-corrected chi connectivity index (χ0v) is 18.8. The molecule has 8 heteroatoms. The minimum absolute atomic E-state index is 0. The molecule has 1 fully saturated rings. The Bertz CT molecular complexity index is 719. The molecule has 0 spiro atoms. The average Bonchev–Trinajstić information content (AvgIpc) is 3.36. The molecule has 1 atom stereocenters. The Balaban J connectivity index is 0.00000261. The quantitative estimate of drug-likeness (QED) is 0.358. The third-order valence-electron chi connectivity index (χ3n) is 4.80. The van der Waals surface area contributed by atoms with Crippen LogP contribution < -0.4 is 10.6 Å². The van der Waals surface area contributed by atoms with E-state index in [2.05, 4.69) is 33.6 Å². The second-order valence-corrected chi connectivity index (χ2v) is 6.73. The highest BCUT2D eigenvalue weighted by atomic mass is 127. The fraction of sp³-hybridized carbons (Fsp3) is 0.579. The fourth-order valence-electron chi connectivity index (χ4n) is 3.35. The first-order chi connectivity index (χ1) is 12.7. The SMILES string of the molecule is CCNC(=NCc1ccnn1C)NCC(c1ccc(C)o1)N1CCCC1.I. The molecule has 0 saturated carbocycles. The minimum Gasteiger partial charge on any atom is -0.465 e. The van der Waals surface area contributed by atoms with Crippen molar-refractivity contribution in [1.82, 2.24) is 25.3 Å². The topological polar surface area (TPSA) is 70.6 Å². The van der Waals surface area contributed by atoms with Gasteiger partial charge in [0.1, 0.15) is 11.5 Å². The summed E-state index contributed by atoms with van der Waals surface area (Å²) in [6.07, 6.45) is 4.31. The number of aryl methyl sites for hydroxylation is 2. The van der Waals surface area contributed by atoms with Gasteiger partial charge in [-0.3, -0.25) is 9.58 Å². The molecular formula is C19H31IN6O. The summed E-state index contributed by atoms with van der Waals surface area (Å²) in [7, 11) is 1.94. The van der Waals surface area contributed by atoms with Gasteiger partial charge in [-0.15, -0.1) is 24.0 Å². The van der Waals surface area contributed by atoms with Crippen molar-refractivity contribution in [2.45, 2.75) is 39.3 Å². The first kappa shape index (κ1) is 21.7. The lowest BCUT2D eigenvalue weighted by Crippen LogP contribution is -2.42. The average molecular weight is 486 g/mol. The molecule has 2 aromatic rings. The van der Waals surface area contributed by atoms with E-state index in [0.717, 1.165) is 49.4 Å². The molecule has 0 bridgehead atoms. The number of guanidine groups is 1. The molecule has 0 aromatic carbocycles. The largest absolute Gasteiger partial charge is 0.465 e. The van der Waals surface area contributed by atoms with Crippen LogP contribution in [0, 0.1) is 6.92 Å². The lowest BCUT2D eigenvalue weighted by Gasteiger charge is -2.26. The van der Waals surface area contributed by atoms with Crippen LogP contribution in [-0.4, -0.2) is 46.8 Å². The molecule has 2 aromatic heterocycles. The predicted molar refractivity (Wildman–Crippen MR) is 118 cm³/mol. The second-order valence-electron chi connectivity index (χ2n) is 6.73. The summed E-state index contributed by atoms with van der Waals surface area (Å²) < 4.78 is 7.78. The number of nitrogens with zero attached hydrogens (tertiary/aromatic N) is 4. The van der Waals surface area contributed by atoms with Crippen LogP contribution in [0.4, 0.5) is 0 Å². The number of furan rings is 1. The molecule has 27 heavy (non-hydrogen) atoms. The number of aromatic nitrogens is 2.